The number of anilines is 1. The monoisotopic (exact) mass is 403 g/mol. The number of methoxy groups -OCH3 is 1. The van der Waals surface area contributed by atoms with Crippen LogP contribution >= 0.6 is 23.2 Å². The lowest BCUT2D eigenvalue weighted by Crippen LogP contribution is -2.23. The molecule has 0 unspecified atom stereocenters. The van der Waals surface area contributed by atoms with Crippen LogP contribution in [0.1, 0.15) is 12.5 Å². The maximum Gasteiger partial charge on any atom is 0.242 e. The van der Waals surface area contributed by atoms with Gasteiger partial charge >= 0.3 is 0 Å². The van der Waals surface area contributed by atoms with Gasteiger partial charge in [-0.05, 0) is 17.7 Å². The number of carbonyl (C=O) groups is 1. The van der Waals surface area contributed by atoms with Gasteiger partial charge in [0.25, 0.3) is 0 Å². The number of ether oxygens (including phenoxy) is 1. The Balaban J connectivity index is 2.14. The number of nitrogens with zero attached hydrogens (tertiary/aromatic N) is 1. The Morgan fingerprint density at radius 3 is 2.52 bits per heavy atom. The Bertz CT molecular complexity index is 886. The maximum absolute atomic E-state index is 12.4. The smallest absolute Gasteiger partial charge is 0.242 e. The van der Waals surface area contributed by atoms with E-state index in [1.54, 1.807) is 12.1 Å². The van der Waals surface area contributed by atoms with E-state index in [1.165, 1.54) is 32.4 Å². The van der Waals surface area contributed by atoms with Crippen molar-refractivity contribution in [1.29, 1.82) is 0 Å². The zero-order valence-corrected chi connectivity index (χ0v) is 15.7. The third-order valence-corrected chi connectivity index (χ3v) is 5.25. The Kier molecular flexibility index (Phi) is 6.23. The summed E-state index contributed by atoms with van der Waals surface area (Å²) in [5, 5.41) is 2.65. The van der Waals surface area contributed by atoms with Crippen LogP contribution in [-0.4, -0.2) is 26.4 Å². The number of hydrogen-bond acceptors (Lipinski definition) is 5. The number of sulfonamides is 1. The van der Waals surface area contributed by atoms with Crippen LogP contribution in [0.25, 0.3) is 0 Å². The molecule has 1 aromatic carbocycles. The van der Waals surface area contributed by atoms with Crippen molar-refractivity contribution in [2.45, 2.75) is 18.4 Å². The van der Waals surface area contributed by atoms with Crippen molar-refractivity contribution in [2.24, 2.45) is 0 Å². The summed E-state index contributed by atoms with van der Waals surface area (Å²) in [5.41, 5.74) is 0.605. The van der Waals surface area contributed by atoms with E-state index >= 15 is 0 Å². The zero-order chi connectivity index (χ0) is 18.6. The molecule has 0 saturated heterocycles. The number of amides is 1. The standard InChI is InChI=1S/C15H15Cl2N3O4S/c1-9(21)20-15-4-3-10(7-18-15)8-19-25(22,23)14-6-11(16)13(24-2)5-12(14)17/h3-7,19H,8H2,1-2H3,(H,18,20,21). The van der Waals surface area contributed by atoms with Crippen LogP contribution in [0, 0.1) is 0 Å². The largest absolute Gasteiger partial charge is 0.495 e. The fourth-order valence-electron chi connectivity index (χ4n) is 1.91. The van der Waals surface area contributed by atoms with Gasteiger partial charge in [-0.2, -0.15) is 0 Å². The van der Waals surface area contributed by atoms with Gasteiger partial charge in [0.1, 0.15) is 16.5 Å². The highest BCUT2D eigenvalue weighted by Crippen LogP contribution is 2.33. The summed E-state index contributed by atoms with van der Waals surface area (Å²) < 4.78 is 32.2. The Labute approximate surface area is 155 Å². The number of hydrogen-bond donors (Lipinski definition) is 2. The van der Waals surface area contributed by atoms with Gasteiger partial charge in [-0.3, -0.25) is 4.79 Å². The van der Waals surface area contributed by atoms with Gasteiger partial charge in [-0.15, -0.1) is 0 Å². The van der Waals surface area contributed by atoms with Crippen LogP contribution in [0.2, 0.25) is 10.0 Å². The predicted octanol–water partition coefficient (Wildman–Crippen LogP) is 2.83. The summed E-state index contributed by atoms with van der Waals surface area (Å²) in [6.07, 6.45) is 1.45. The summed E-state index contributed by atoms with van der Waals surface area (Å²) in [5.74, 6) is 0.416. The minimum atomic E-state index is -3.89. The topological polar surface area (TPSA) is 97.4 Å². The van der Waals surface area contributed by atoms with E-state index in [9.17, 15) is 13.2 Å². The molecule has 2 N–H and O–H groups in total. The van der Waals surface area contributed by atoms with Crippen LogP contribution in [0.4, 0.5) is 5.82 Å². The molecule has 10 heteroatoms. The fraction of sp³-hybridized carbons (Fsp3) is 0.200. The van der Waals surface area contributed by atoms with Crippen molar-refractivity contribution in [3.63, 3.8) is 0 Å². The van der Waals surface area contributed by atoms with Crippen molar-refractivity contribution in [3.8, 4) is 5.75 Å². The molecule has 134 valence electrons. The second kappa shape index (κ2) is 8.01. The lowest BCUT2D eigenvalue weighted by Gasteiger charge is -2.11. The van der Waals surface area contributed by atoms with Crippen molar-refractivity contribution < 1.29 is 17.9 Å². The van der Waals surface area contributed by atoms with Crippen LogP contribution < -0.4 is 14.8 Å². The number of carbonyl (C=O) groups excluding carboxylic acids is 1. The molecule has 0 fully saturated rings. The van der Waals surface area contributed by atoms with Gasteiger partial charge in [0.15, 0.2) is 0 Å². The molecular formula is C15H15Cl2N3O4S. The van der Waals surface area contributed by atoms with Crippen molar-refractivity contribution in [1.82, 2.24) is 9.71 Å². The summed E-state index contributed by atoms with van der Waals surface area (Å²) in [6, 6.07) is 5.77. The number of nitrogens with one attached hydrogen (secondary N) is 2. The second-order valence-corrected chi connectivity index (χ2v) is 7.52. The Morgan fingerprint density at radius 2 is 1.96 bits per heavy atom. The highest BCUT2D eigenvalue weighted by Gasteiger charge is 2.20. The number of pyridine rings is 1. The summed E-state index contributed by atoms with van der Waals surface area (Å²) in [7, 11) is -2.48. The normalized spacial score (nSPS) is 11.2. The van der Waals surface area contributed by atoms with Crippen molar-refractivity contribution in [3.05, 3.63) is 46.1 Å². The lowest BCUT2D eigenvalue weighted by atomic mass is 10.3. The van der Waals surface area contributed by atoms with E-state index in [4.69, 9.17) is 27.9 Å². The molecule has 0 aliphatic rings. The first-order chi connectivity index (χ1) is 11.7. The highest BCUT2D eigenvalue weighted by atomic mass is 35.5. The molecule has 0 aliphatic heterocycles. The average molecular weight is 404 g/mol. The Hall–Kier alpha value is -1.87. The van der Waals surface area contributed by atoms with E-state index in [2.05, 4.69) is 15.0 Å². The van der Waals surface area contributed by atoms with E-state index in [0.717, 1.165) is 0 Å². The predicted molar refractivity (Wildman–Crippen MR) is 95.6 cm³/mol. The number of halogens is 2. The maximum atomic E-state index is 12.4. The second-order valence-electron chi connectivity index (χ2n) is 4.97. The van der Waals surface area contributed by atoms with Gasteiger partial charge in [-0.1, -0.05) is 29.3 Å². The van der Waals surface area contributed by atoms with Gasteiger partial charge in [0.05, 0.1) is 17.2 Å². The number of benzene rings is 1. The molecule has 0 radical (unpaired) electrons. The summed E-state index contributed by atoms with van der Waals surface area (Å²) in [6.45, 7) is 1.36. The minimum Gasteiger partial charge on any atom is -0.495 e. The molecule has 1 amide bonds. The van der Waals surface area contributed by atoms with Crippen LogP contribution in [0.3, 0.4) is 0 Å². The van der Waals surface area contributed by atoms with E-state index in [-0.39, 0.29) is 33.1 Å². The molecule has 0 bridgehead atoms. The van der Waals surface area contributed by atoms with E-state index in [0.29, 0.717) is 11.4 Å². The van der Waals surface area contributed by atoms with Crippen molar-refractivity contribution >= 4 is 45.0 Å². The highest BCUT2D eigenvalue weighted by molar-refractivity contribution is 7.89. The molecular weight excluding hydrogens is 389 g/mol. The summed E-state index contributed by atoms with van der Waals surface area (Å²) >= 11 is 12.0. The van der Waals surface area contributed by atoms with Crippen LogP contribution in [0.15, 0.2) is 35.4 Å². The molecule has 0 aliphatic carbocycles. The third kappa shape index (κ3) is 5.05. The van der Waals surface area contributed by atoms with E-state index < -0.39 is 10.0 Å². The van der Waals surface area contributed by atoms with E-state index in [1.807, 2.05) is 0 Å². The molecule has 2 rings (SSSR count). The molecule has 7 nitrogen and oxygen atoms in total. The van der Waals surface area contributed by atoms with Crippen molar-refractivity contribution in [2.75, 3.05) is 12.4 Å². The quantitative estimate of drug-likeness (QED) is 0.772. The first-order valence-corrected chi connectivity index (χ1v) is 9.22. The van der Waals surface area contributed by atoms with Gasteiger partial charge < -0.3 is 10.1 Å². The van der Waals surface area contributed by atoms with Gasteiger partial charge in [-0.25, -0.2) is 18.1 Å². The van der Waals surface area contributed by atoms with Crippen LogP contribution in [0.5, 0.6) is 5.75 Å². The Morgan fingerprint density at radius 1 is 1.24 bits per heavy atom. The van der Waals surface area contributed by atoms with Gasteiger partial charge in [0, 0.05) is 25.7 Å². The lowest BCUT2D eigenvalue weighted by molar-refractivity contribution is -0.114. The number of aromatic nitrogens is 1. The molecule has 0 spiro atoms. The molecule has 1 aromatic heterocycles. The summed E-state index contributed by atoms with van der Waals surface area (Å²) in [4.78, 5) is 14.8. The van der Waals surface area contributed by atoms with Gasteiger partial charge in [0.2, 0.25) is 15.9 Å². The number of rotatable bonds is 6. The first kappa shape index (κ1) is 19.5. The molecule has 25 heavy (non-hydrogen) atoms. The molecule has 0 atom stereocenters. The average Bonchev–Trinajstić information content (AvgIpc) is 2.55. The molecule has 1 heterocycles. The zero-order valence-electron chi connectivity index (χ0n) is 13.3. The van der Waals surface area contributed by atoms with Crippen LogP contribution in [-0.2, 0) is 21.4 Å². The first-order valence-electron chi connectivity index (χ1n) is 6.98. The minimum absolute atomic E-state index is 0.00430. The molecule has 2 aromatic rings. The fourth-order valence-corrected chi connectivity index (χ4v) is 3.78. The SMILES string of the molecule is COc1cc(Cl)c(S(=O)(=O)NCc2ccc(NC(C)=O)nc2)cc1Cl. The third-order valence-electron chi connectivity index (χ3n) is 3.09. The molecule has 0 saturated carbocycles.